The Labute approximate surface area is 265 Å². The summed E-state index contributed by atoms with van der Waals surface area (Å²) < 4.78 is 55.8. The van der Waals surface area contributed by atoms with Crippen LogP contribution in [-0.2, 0) is 43.7 Å². The van der Waals surface area contributed by atoms with Crippen LogP contribution in [0.2, 0.25) is 0 Å². The Morgan fingerprint density at radius 3 is 1.68 bits per heavy atom. The summed E-state index contributed by atoms with van der Waals surface area (Å²) in [7, 11) is -3.99. The summed E-state index contributed by atoms with van der Waals surface area (Å²) in [6.45, 7) is 4.38. The average molecular weight is 641 g/mol. The average Bonchev–Trinajstić information content (AvgIpc) is 3.03. The fraction of sp³-hybridized carbons (Fsp3) is 0.824. The van der Waals surface area contributed by atoms with Crippen LogP contribution in [0.5, 0.6) is 0 Å². The van der Waals surface area contributed by atoms with Crippen molar-refractivity contribution < 1.29 is 42.2 Å². The SMILES string of the molecule is CCCCCCCCCCOP(=O)(OCCCCCCCCCC)O[C@H]1[C@H]2O[C@H]3O[C@@H]1[C@@H](O)[C@H](O3)[C@@H]2OCc1ccccc1. The predicted octanol–water partition coefficient (Wildman–Crippen LogP) is 8.22. The number of phosphoric ester groups is 1. The molecule has 4 bridgehead atoms. The van der Waals surface area contributed by atoms with E-state index in [-0.39, 0.29) is 13.2 Å². The summed E-state index contributed by atoms with van der Waals surface area (Å²) in [6, 6.07) is 9.78. The van der Waals surface area contributed by atoms with Gasteiger partial charge in [0.1, 0.15) is 36.6 Å². The lowest BCUT2D eigenvalue weighted by atomic mass is 9.82. The molecule has 1 saturated carbocycles. The smallest absolute Gasteiger partial charge is 0.387 e. The van der Waals surface area contributed by atoms with Crippen molar-refractivity contribution in [3.63, 3.8) is 0 Å². The van der Waals surface area contributed by atoms with Gasteiger partial charge in [-0.3, -0.25) is 13.6 Å². The molecule has 0 aromatic heterocycles. The van der Waals surface area contributed by atoms with E-state index >= 15 is 0 Å². The number of rotatable bonds is 25. The van der Waals surface area contributed by atoms with Gasteiger partial charge in [-0.25, -0.2) is 4.57 Å². The molecule has 1 aromatic carbocycles. The monoisotopic (exact) mass is 640 g/mol. The van der Waals surface area contributed by atoms with Gasteiger partial charge in [0.2, 0.25) is 0 Å². The maximum Gasteiger partial charge on any atom is 0.475 e. The van der Waals surface area contributed by atoms with Crippen LogP contribution in [0.3, 0.4) is 0 Å². The van der Waals surface area contributed by atoms with Gasteiger partial charge < -0.3 is 24.1 Å². The Hall–Kier alpha value is -0.870. The van der Waals surface area contributed by atoms with E-state index in [1.165, 1.54) is 64.2 Å². The molecule has 0 amide bonds. The molecule has 44 heavy (non-hydrogen) atoms. The minimum Gasteiger partial charge on any atom is -0.387 e. The number of phosphoric acid groups is 1. The molecule has 3 aliphatic heterocycles. The van der Waals surface area contributed by atoms with E-state index in [2.05, 4.69) is 13.8 Å². The summed E-state index contributed by atoms with van der Waals surface area (Å²) >= 11 is 0. The van der Waals surface area contributed by atoms with Crippen LogP contribution in [0, 0.1) is 0 Å². The zero-order valence-electron chi connectivity index (χ0n) is 27.0. The molecular formula is C34H57O9P. The lowest BCUT2D eigenvalue weighted by Gasteiger charge is -2.57. The topological polar surface area (TPSA) is 102 Å². The van der Waals surface area contributed by atoms with E-state index < -0.39 is 50.9 Å². The normalized spacial score (nSPS) is 27.8. The first-order valence-electron chi connectivity index (χ1n) is 17.4. The number of aliphatic hydroxyl groups is 1. The van der Waals surface area contributed by atoms with Crippen molar-refractivity contribution in [2.24, 2.45) is 0 Å². The summed E-state index contributed by atoms with van der Waals surface area (Å²) in [5.74, 6) is 0. The van der Waals surface area contributed by atoms with Gasteiger partial charge in [-0.15, -0.1) is 0 Å². The largest absolute Gasteiger partial charge is 0.475 e. The van der Waals surface area contributed by atoms with Crippen LogP contribution in [0.25, 0.3) is 0 Å². The second kappa shape index (κ2) is 19.7. The second-order valence-electron chi connectivity index (χ2n) is 12.5. The number of unbranched alkanes of at least 4 members (excludes halogenated alkanes) is 14. The highest BCUT2D eigenvalue weighted by Crippen LogP contribution is 2.55. The summed E-state index contributed by atoms with van der Waals surface area (Å²) in [5.41, 5.74) is 0.984. The van der Waals surface area contributed by atoms with E-state index in [4.69, 9.17) is 32.5 Å². The molecule has 1 aliphatic carbocycles. The third-order valence-corrected chi connectivity index (χ3v) is 10.3. The third-order valence-electron chi connectivity index (χ3n) is 8.80. The van der Waals surface area contributed by atoms with Crippen LogP contribution in [-0.4, -0.2) is 61.4 Å². The van der Waals surface area contributed by atoms with Crippen molar-refractivity contribution in [3.8, 4) is 0 Å². The highest BCUT2D eigenvalue weighted by molar-refractivity contribution is 7.48. The molecule has 0 spiro atoms. The third kappa shape index (κ3) is 11.1. The molecule has 0 radical (unpaired) electrons. The van der Waals surface area contributed by atoms with Crippen LogP contribution < -0.4 is 0 Å². The van der Waals surface area contributed by atoms with Crippen LogP contribution >= 0.6 is 7.82 Å². The van der Waals surface area contributed by atoms with Crippen LogP contribution in [0.15, 0.2) is 30.3 Å². The minimum atomic E-state index is -3.99. The lowest BCUT2D eigenvalue weighted by molar-refractivity contribution is -0.482. The molecule has 5 rings (SSSR count). The van der Waals surface area contributed by atoms with Gasteiger partial charge in [0, 0.05) is 0 Å². The van der Waals surface area contributed by atoms with E-state index in [1.54, 1.807) is 0 Å². The number of hydrogen-bond acceptors (Lipinski definition) is 9. The molecule has 9 nitrogen and oxygen atoms in total. The van der Waals surface area contributed by atoms with Gasteiger partial charge in [0.05, 0.1) is 19.8 Å². The van der Waals surface area contributed by atoms with E-state index in [0.717, 1.165) is 44.1 Å². The Kier molecular flexibility index (Phi) is 16.1. The second-order valence-corrected chi connectivity index (χ2v) is 14.1. The lowest BCUT2D eigenvalue weighted by Crippen LogP contribution is -2.75. The molecule has 4 fully saturated rings. The molecule has 1 aromatic rings. The number of hydrogen-bond donors (Lipinski definition) is 1. The molecule has 10 heteroatoms. The number of ether oxygens (including phenoxy) is 4. The van der Waals surface area contributed by atoms with E-state index in [0.29, 0.717) is 6.61 Å². The Morgan fingerprint density at radius 2 is 1.14 bits per heavy atom. The van der Waals surface area contributed by atoms with Gasteiger partial charge in [0.25, 0.3) is 6.48 Å². The van der Waals surface area contributed by atoms with Crippen molar-refractivity contribution in [1.82, 2.24) is 0 Å². The molecule has 3 saturated heterocycles. The maximum absolute atomic E-state index is 14.1. The van der Waals surface area contributed by atoms with Crippen molar-refractivity contribution in [1.29, 1.82) is 0 Å². The van der Waals surface area contributed by atoms with Crippen molar-refractivity contribution in [2.75, 3.05) is 13.2 Å². The summed E-state index contributed by atoms with van der Waals surface area (Å²) in [4.78, 5) is 0. The molecule has 3 heterocycles. The van der Waals surface area contributed by atoms with Crippen LogP contribution in [0.1, 0.15) is 122 Å². The van der Waals surface area contributed by atoms with Crippen molar-refractivity contribution >= 4 is 7.82 Å². The predicted molar refractivity (Wildman–Crippen MR) is 169 cm³/mol. The van der Waals surface area contributed by atoms with Crippen LogP contribution in [0.4, 0.5) is 0 Å². The molecule has 252 valence electrons. The Bertz CT molecular complexity index is 924. The summed E-state index contributed by atoms with van der Waals surface area (Å²) in [5, 5.41) is 11.1. The van der Waals surface area contributed by atoms with Gasteiger partial charge in [0.15, 0.2) is 0 Å². The quantitative estimate of drug-likeness (QED) is 0.0837. The molecular weight excluding hydrogens is 583 g/mol. The standard InChI is InChI=1S/C34H57O9P/c1-3-5-7-9-11-13-15-20-24-38-44(36,39-25-21-16-14-12-10-8-6-4-2)43-33-30-28(35)29-31(32(33)42-34(40-29)41-30)37-26-27-22-18-17-19-23-27/h17-19,22-23,28-35H,3-16,20-21,24-26H2,1-2H3/t28-,29-,30+,31-,32-,33+,34+/m0/s1. The minimum absolute atomic E-state index is 0.276. The zero-order chi connectivity index (χ0) is 31.0. The number of aliphatic hydroxyl groups excluding tert-OH is 1. The van der Waals surface area contributed by atoms with Crippen molar-refractivity contribution in [3.05, 3.63) is 35.9 Å². The Balaban J connectivity index is 1.32. The molecule has 7 atom stereocenters. The van der Waals surface area contributed by atoms with E-state index in [1.807, 2.05) is 30.3 Å². The van der Waals surface area contributed by atoms with Gasteiger partial charge in [-0.05, 0) is 18.4 Å². The van der Waals surface area contributed by atoms with Crippen molar-refractivity contribution in [2.45, 2.75) is 166 Å². The Morgan fingerprint density at radius 1 is 0.659 bits per heavy atom. The first-order valence-corrected chi connectivity index (χ1v) is 18.9. The van der Waals surface area contributed by atoms with Gasteiger partial charge in [-0.1, -0.05) is 134 Å². The summed E-state index contributed by atoms with van der Waals surface area (Å²) in [6.07, 6.45) is 13.7. The zero-order valence-corrected chi connectivity index (χ0v) is 27.9. The molecule has 1 N–H and O–H groups in total. The van der Waals surface area contributed by atoms with Gasteiger partial charge in [-0.2, -0.15) is 0 Å². The molecule has 0 unspecified atom stereocenters. The molecule has 4 aliphatic rings. The highest BCUT2D eigenvalue weighted by atomic mass is 31.2. The first-order chi connectivity index (χ1) is 21.5. The number of benzene rings is 1. The van der Waals surface area contributed by atoms with Gasteiger partial charge >= 0.3 is 7.82 Å². The van der Waals surface area contributed by atoms with E-state index in [9.17, 15) is 9.67 Å². The maximum atomic E-state index is 14.1. The highest BCUT2D eigenvalue weighted by Gasteiger charge is 2.64. The fourth-order valence-electron chi connectivity index (χ4n) is 6.24. The first kappa shape index (κ1) is 36.0. The fourth-order valence-corrected chi connectivity index (χ4v) is 7.68.